The van der Waals surface area contributed by atoms with E-state index in [2.05, 4.69) is 45.3 Å². The molecule has 0 radical (unpaired) electrons. The van der Waals surface area contributed by atoms with Gasteiger partial charge in [0.1, 0.15) is 5.75 Å². The van der Waals surface area contributed by atoms with Crippen molar-refractivity contribution in [1.29, 1.82) is 0 Å². The van der Waals surface area contributed by atoms with Gasteiger partial charge >= 0.3 is 0 Å². The van der Waals surface area contributed by atoms with E-state index >= 15 is 0 Å². The minimum absolute atomic E-state index is 0.0323. The van der Waals surface area contributed by atoms with E-state index in [1.807, 2.05) is 18.2 Å². The van der Waals surface area contributed by atoms with Gasteiger partial charge in [-0.15, -0.1) is 0 Å². The summed E-state index contributed by atoms with van der Waals surface area (Å²) in [6, 6.07) is 10.1. The van der Waals surface area contributed by atoms with Crippen molar-refractivity contribution in [2.24, 2.45) is 4.99 Å². The first kappa shape index (κ1) is 14.7. The second-order valence-electron chi connectivity index (χ2n) is 7.32. The summed E-state index contributed by atoms with van der Waals surface area (Å²) in [6.07, 6.45) is 10.3. The molecule has 4 N–H and O–H groups in total. The van der Waals surface area contributed by atoms with Gasteiger partial charge < -0.3 is 20.1 Å². The Morgan fingerprint density at radius 3 is 2.56 bits per heavy atom. The van der Waals surface area contributed by atoms with Crippen LogP contribution in [0.5, 0.6) is 5.75 Å². The van der Waals surface area contributed by atoms with Crippen molar-refractivity contribution in [2.75, 3.05) is 0 Å². The summed E-state index contributed by atoms with van der Waals surface area (Å²) < 4.78 is 0. The number of hydrogen-bond acceptors (Lipinski definition) is 2. The molecule has 5 heterocycles. The molecular weight excluding hydrogens is 336 g/mol. The quantitative estimate of drug-likeness (QED) is 0.467. The summed E-state index contributed by atoms with van der Waals surface area (Å²) in [6.45, 7) is 0. The fourth-order valence-electron chi connectivity index (χ4n) is 4.23. The van der Waals surface area contributed by atoms with Gasteiger partial charge in [-0.3, -0.25) is 4.99 Å². The maximum atomic E-state index is 10.5. The van der Waals surface area contributed by atoms with Crippen LogP contribution < -0.4 is 21.4 Å². The Labute approximate surface area is 154 Å². The molecule has 1 saturated carbocycles. The predicted molar refractivity (Wildman–Crippen MR) is 106 cm³/mol. The molecule has 0 spiro atoms. The van der Waals surface area contributed by atoms with Gasteiger partial charge in [0.15, 0.2) is 0 Å². The smallest absolute Gasteiger partial charge is 0.141 e. The van der Waals surface area contributed by atoms with E-state index in [1.165, 1.54) is 5.57 Å². The number of fused-ring (bicyclic) bond motifs is 7. The van der Waals surface area contributed by atoms with Crippen molar-refractivity contribution in [1.82, 2.24) is 15.0 Å². The first-order valence-electron chi connectivity index (χ1n) is 9.21. The van der Waals surface area contributed by atoms with E-state index in [4.69, 9.17) is 4.99 Å². The lowest BCUT2D eigenvalue weighted by molar-refractivity contribution is 0.471. The standard InChI is InChI=1S/C22H18N4O/c27-20-11-18-10-16-5-3-14(24-16)8-13-2-4-15(23-13)9-17-7-12-1-6-19(21(12)25-17)22(20)26-18/h2-5,7-11,17,23-24,26-27H,1,6H2/b13-8?,15-9?,18-10?,22-19-. The Balaban J connectivity index is 1.68. The van der Waals surface area contributed by atoms with E-state index in [9.17, 15) is 5.11 Å². The second kappa shape index (κ2) is 5.27. The SMILES string of the molecule is Oc1cc2[nH]/c1=C1/CCC3=CC(C=c4ccc([nH]4)=Cc4ccc([nH]4)C=2)N=C31. The maximum Gasteiger partial charge on any atom is 0.141 e. The number of aromatic hydroxyl groups is 1. The number of aliphatic imine (C=N–C) groups is 1. The lowest BCUT2D eigenvalue weighted by atomic mass is 10.1. The van der Waals surface area contributed by atoms with Gasteiger partial charge in [-0.1, -0.05) is 6.08 Å². The fourth-order valence-corrected chi connectivity index (χ4v) is 4.23. The van der Waals surface area contributed by atoms with Gasteiger partial charge in [0.05, 0.1) is 17.1 Å². The highest BCUT2D eigenvalue weighted by molar-refractivity contribution is 6.31. The summed E-state index contributed by atoms with van der Waals surface area (Å²) in [5, 5.41) is 14.3. The number of H-pyrrole nitrogens is 3. The van der Waals surface area contributed by atoms with Gasteiger partial charge in [0.25, 0.3) is 0 Å². The molecular formula is C22H18N4O. The Kier molecular flexibility index (Phi) is 2.86. The molecule has 3 aromatic heterocycles. The van der Waals surface area contributed by atoms with Crippen molar-refractivity contribution in [3.8, 4) is 5.75 Å². The summed E-state index contributed by atoms with van der Waals surface area (Å²) in [5.41, 5.74) is 5.42. The van der Waals surface area contributed by atoms with Gasteiger partial charge in [0, 0.05) is 39.1 Å². The summed E-state index contributed by atoms with van der Waals surface area (Å²) in [4.78, 5) is 15.1. The van der Waals surface area contributed by atoms with Crippen molar-refractivity contribution >= 4 is 29.5 Å². The van der Waals surface area contributed by atoms with Crippen LogP contribution in [0, 0.1) is 0 Å². The average Bonchev–Trinajstić information content (AvgIpc) is 3.40. The van der Waals surface area contributed by atoms with Crippen LogP contribution in [0.2, 0.25) is 0 Å². The molecule has 3 aromatic rings. The third-order valence-corrected chi connectivity index (χ3v) is 5.44. The third-order valence-electron chi connectivity index (χ3n) is 5.44. The number of aromatic nitrogens is 3. The number of allylic oxidation sites excluding steroid dienone is 1. The number of nitrogens with one attached hydrogen (secondary N) is 3. The molecule has 6 rings (SSSR count). The monoisotopic (exact) mass is 354 g/mol. The fraction of sp³-hybridized carbons (Fsp3) is 0.136. The highest BCUT2D eigenvalue weighted by Gasteiger charge is 2.28. The van der Waals surface area contributed by atoms with Crippen LogP contribution >= 0.6 is 0 Å². The largest absolute Gasteiger partial charge is 0.506 e. The molecule has 2 aliphatic heterocycles. The van der Waals surface area contributed by atoms with Crippen molar-refractivity contribution < 1.29 is 5.11 Å². The molecule has 1 atom stereocenters. The van der Waals surface area contributed by atoms with Crippen molar-refractivity contribution in [2.45, 2.75) is 18.9 Å². The molecule has 5 heteroatoms. The zero-order chi connectivity index (χ0) is 18.0. The van der Waals surface area contributed by atoms with Crippen LogP contribution in [-0.4, -0.2) is 31.8 Å². The molecule has 3 aliphatic rings. The molecule has 8 bridgehead atoms. The molecule has 1 aliphatic carbocycles. The minimum atomic E-state index is 0.0323. The molecule has 1 fully saturated rings. The zero-order valence-corrected chi connectivity index (χ0v) is 14.6. The Hall–Kier alpha value is -3.47. The second-order valence-corrected chi connectivity index (χ2v) is 7.32. The van der Waals surface area contributed by atoms with Crippen LogP contribution in [0.3, 0.4) is 0 Å². The van der Waals surface area contributed by atoms with Crippen LogP contribution in [0.1, 0.15) is 24.2 Å². The van der Waals surface area contributed by atoms with Crippen LogP contribution in [0.15, 0.2) is 47.0 Å². The highest BCUT2D eigenvalue weighted by atomic mass is 16.3. The molecule has 0 saturated heterocycles. The number of nitrogens with zero attached hydrogens (tertiary/aromatic N) is 1. The van der Waals surface area contributed by atoms with Gasteiger partial charge in [-0.2, -0.15) is 0 Å². The van der Waals surface area contributed by atoms with Gasteiger partial charge in [0.2, 0.25) is 0 Å². The van der Waals surface area contributed by atoms with Crippen LogP contribution in [-0.2, 0) is 0 Å². The topological polar surface area (TPSA) is 80.0 Å². The number of hydrogen-bond donors (Lipinski definition) is 4. The molecule has 132 valence electrons. The van der Waals surface area contributed by atoms with E-state index < -0.39 is 0 Å². The summed E-state index contributed by atoms with van der Waals surface area (Å²) >= 11 is 0. The highest BCUT2D eigenvalue weighted by Crippen LogP contribution is 2.33. The lowest BCUT2D eigenvalue weighted by Crippen LogP contribution is -2.16. The number of aromatic amines is 3. The van der Waals surface area contributed by atoms with E-state index in [1.54, 1.807) is 6.07 Å². The predicted octanol–water partition coefficient (Wildman–Crippen LogP) is 0.522. The maximum absolute atomic E-state index is 10.5. The molecule has 0 aromatic carbocycles. The molecule has 0 amide bonds. The normalized spacial score (nSPS) is 21.9. The first-order chi connectivity index (χ1) is 13.2. The van der Waals surface area contributed by atoms with E-state index in [0.29, 0.717) is 0 Å². The van der Waals surface area contributed by atoms with Gasteiger partial charge in [-0.25, -0.2) is 0 Å². The summed E-state index contributed by atoms with van der Waals surface area (Å²) in [7, 11) is 0. The van der Waals surface area contributed by atoms with Gasteiger partial charge in [-0.05, 0) is 60.9 Å². The lowest BCUT2D eigenvalue weighted by Gasteiger charge is -1.99. The Bertz CT molecular complexity index is 1390. The summed E-state index contributed by atoms with van der Waals surface area (Å²) in [5.74, 6) is 0.281. The zero-order valence-electron chi connectivity index (χ0n) is 14.6. The van der Waals surface area contributed by atoms with Crippen molar-refractivity contribution in [3.05, 3.63) is 74.8 Å². The molecule has 5 nitrogen and oxygen atoms in total. The van der Waals surface area contributed by atoms with Crippen LogP contribution in [0.4, 0.5) is 0 Å². The van der Waals surface area contributed by atoms with E-state index in [-0.39, 0.29) is 11.8 Å². The Morgan fingerprint density at radius 1 is 0.852 bits per heavy atom. The number of rotatable bonds is 0. The molecule has 27 heavy (non-hydrogen) atoms. The third kappa shape index (κ3) is 2.35. The minimum Gasteiger partial charge on any atom is -0.506 e. The van der Waals surface area contributed by atoms with Crippen LogP contribution in [0.25, 0.3) is 23.8 Å². The Morgan fingerprint density at radius 2 is 1.67 bits per heavy atom. The van der Waals surface area contributed by atoms with Crippen molar-refractivity contribution in [3.63, 3.8) is 0 Å². The first-order valence-corrected chi connectivity index (χ1v) is 9.21. The average molecular weight is 354 g/mol. The molecule has 1 unspecified atom stereocenters. The van der Waals surface area contributed by atoms with E-state index in [0.717, 1.165) is 56.9 Å².